The molecule has 1 saturated heterocycles. The molecule has 1 fully saturated rings. The number of rotatable bonds is 6. The minimum absolute atomic E-state index is 0.326. The highest BCUT2D eigenvalue weighted by molar-refractivity contribution is 5.94. The van der Waals surface area contributed by atoms with E-state index in [0.717, 1.165) is 30.4 Å². The van der Waals surface area contributed by atoms with Gasteiger partial charge in [-0.15, -0.1) is 0 Å². The summed E-state index contributed by atoms with van der Waals surface area (Å²) in [5.74, 6) is -0.730. The average Bonchev–Trinajstić information content (AvgIpc) is 2.74. The summed E-state index contributed by atoms with van der Waals surface area (Å²) in [7, 11) is 0. The van der Waals surface area contributed by atoms with E-state index in [1.807, 2.05) is 24.3 Å². The quantitative estimate of drug-likeness (QED) is 0.567. The maximum atomic E-state index is 13.0. The molecule has 0 spiro atoms. The van der Waals surface area contributed by atoms with E-state index in [9.17, 15) is 18.0 Å². The number of oxime groups is 1. The lowest BCUT2D eigenvalue weighted by molar-refractivity contribution is -0.137. The number of amides is 1. The standard InChI is InChI=1S/C21H22F3N3O3/c1-15(20(28)26-19-5-3-2-4-18(19)21(22,23)24)30-25-14-16-6-8-17(9-7-16)27-10-12-29-13-11-27/h2-9,14-15H,10-13H2,1H3,(H,26,28)/b25-14+. The summed E-state index contributed by atoms with van der Waals surface area (Å²) in [6, 6.07) is 12.4. The highest BCUT2D eigenvalue weighted by atomic mass is 19.4. The summed E-state index contributed by atoms with van der Waals surface area (Å²) in [5, 5.41) is 6.01. The number of carbonyl (C=O) groups is 1. The lowest BCUT2D eigenvalue weighted by atomic mass is 10.1. The van der Waals surface area contributed by atoms with Crippen molar-refractivity contribution < 1.29 is 27.5 Å². The van der Waals surface area contributed by atoms with E-state index in [1.165, 1.54) is 31.3 Å². The highest BCUT2D eigenvalue weighted by Gasteiger charge is 2.34. The summed E-state index contributed by atoms with van der Waals surface area (Å²) < 4.78 is 44.4. The van der Waals surface area contributed by atoms with Crippen LogP contribution in [0.25, 0.3) is 0 Å². The Bertz CT molecular complexity index is 879. The fraction of sp³-hybridized carbons (Fsp3) is 0.333. The first-order valence-electron chi connectivity index (χ1n) is 9.43. The molecule has 9 heteroatoms. The van der Waals surface area contributed by atoms with Crippen molar-refractivity contribution in [3.63, 3.8) is 0 Å². The first-order valence-corrected chi connectivity index (χ1v) is 9.43. The van der Waals surface area contributed by atoms with E-state index >= 15 is 0 Å². The number of ether oxygens (including phenoxy) is 1. The molecule has 2 aromatic rings. The maximum Gasteiger partial charge on any atom is 0.418 e. The number of nitrogens with zero attached hydrogens (tertiary/aromatic N) is 2. The Balaban J connectivity index is 1.54. The third-order valence-electron chi connectivity index (χ3n) is 4.55. The van der Waals surface area contributed by atoms with E-state index < -0.39 is 23.8 Å². The maximum absolute atomic E-state index is 13.0. The van der Waals surface area contributed by atoms with Gasteiger partial charge in [0.2, 0.25) is 6.10 Å². The second-order valence-corrected chi connectivity index (χ2v) is 6.71. The third-order valence-corrected chi connectivity index (χ3v) is 4.55. The Morgan fingerprint density at radius 1 is 1.17 bits per heavy atom. The van der Waals surface area contributed by atoms with Crippen LogP contribution in [0.15, 0.2) is 53.7 Å². The lowest BCUT2D eigenvalue weighted by Gasteiger charge is -2.28. The van der Waals surface area contributed by atoms with Gasteiger partial charge in [0.1, 0.15) is 0 Å². The molecule has 2 aromatic carbocycles. The van der Waals surface area contributed by atoms with Gasteiger partial charge >= 0.3 is 6.18 Å². The molecule has 0 aliphatic carbocycles. The number of alkyl halides is 3. The Labute approximate surface area is 172 Å². The number of carbonyl (C=O) groups excluding carboxylic acids is 1. The van der Waals surface area contributed by atoms with Crippen molar-refractivity contribution in [1.29, 1.82) is 0 Å². The number of hydrogen-bond acceptors (Lipinski definition) is 5. The van der Waals surface area contributed by atoms with Crippen molar-refractivity contribution in [3.8, 4) is 0 Å². The van der Waals surface area contributed by atoms with Crippen molar-refractivity contribution in [2.45, 2.75) is 19.2 Å². The number of nitrogens with one attached hydrogen (secondary N) is 1. The second-order valence-electron chi connectivity index (χ2n) is 6.71. The van der Waals surface area contributed by atoms with E-state index in [2.05, 4.69) is 15.4 Å². The van der Waals surface area contributed by atoms with E-state index in [4.69, 9.17) is 9.57 Å². The number of halogens is 3. The minimum atomic E-state index is -4.57. The van der Waals surface area contributed by atoms with Crippen LogP contribution in [0.2, 0.25) is 0 Å². The SMILES string of the molecule is CC(O/N=C/c1ccc(N2CCOCC2)cc1)C(=O)Nc1ccccc1C(F)(F)F. The van der Waals surface area contributed by atoms with Crippen molar-refractivity contribution in [2.75, 3.05) is 36.5 Å². The van der Waals surface area contributed by atoms with E-state index in [0.29, 0.717) is 13.2 Å². The van der Waals surface area contributed by atoms with Gasteiger partial charge < -0.3 is 19.8 Å². The first-order chi connectivity index (χ1) is 14.3. The van der Waals surface area contributed by atoms with Crippen molar-refractivity contribution in [3.05, 3.63) is 59.7 Å². The zero-order valence-electron chi connectivity index (χ0n) is 16.4. The molecule has 1 atom stereocenters. The predicted octanol–water partition coefficient (Wildman–Crippen LogP) is 3.92. The van der Waals surface area contributed by atoms with Gasteiger partial charge in [0.05, 0.1) is 30.7 Å². The van der Waals surface area contributed by atoms with Crippen LogP contribution in [0.4, 0.5) is 24.5 Å². The number of anilines is 2. The fourth-order valence-corrected chi connectivity index (χ4v) is 2.90. The molecule has 0 saturated carbocycles. The molecule has 1 aliphatic rings. The molecule has 1 N–H and O–H groups in total. The Morgan fingerprint density at radius 3 is 2.50 bits per heavy atom. The zero-order valence-corrected chi connectivity index (χ0v) is 16.4. The largest absolute Gasteiger partial charge is 0.418 e. The summed E-state index contributed by atoms with van der Waals surface area (Å²) in [5.41, 5.74) is 0.594. The molecule has 1 aliphatic heterocycles. The lowest BCUT2D eigenvalue weighted by Crippen LogP contribution is -2.36. The average molecular weight is 421 g/mol. The second kappa shape index (κ2) is 9.62. The van der Waals surface area contributed by atoms with Crippen LogP contribution in [0.3, 0.4) is 0 Å². The van der Waals surface area contributed by atoms with Gasteiger partial charge in [-0.05, 0) is 36.8 Å². The Kier molecular flexibility index (Phi) is 6.94. The molecular weight excluding hydrogens is 399 g/mol. The van der Waals surface area contributed by atoms with Crippen LogP contribution < -0.4 is 10.2 Å². The molecule has 6 nitrogen and oxygen atoms in total. The summed E-state index contributed by atoms with van der Waals surface area (Å²) in [4.78, 5) is 19.5. The zero-order chi connectivity index (χ0) is 21.6. The molecular formula is C21H22F3N3O3. The molecule has 1 heterocycles. The fourth-order valence-electron chi connectivity index (χ4n) is 2.90. The number of para-hydroxylation sites is 1. The number of hydrogen-bond donors (Lipinski definition) is 1. The van der Waals surface area contributed by atoms with Crippen molar-refractivity contribution >= 4 is 23.5 Å². The summed E-state index contributed by atoms with van der Waals surface area (Å²) in [6.07, 6.45) is -4.20. The molecule has 30 heavy (non-hydrogen) atoms. The van der Waals surface area contributed by atoms with Gasteiger partial charge in [-0.2, -0.15) is 13.2 Å². The van der Waals surface area contributed by atoms with Crippen molar-refractivity contribution in [2.24, 2.45) is 5.16 Å². The van der Waals surface area contributed by atoms with Gasteiger partial charge in [-0.1, -0.05) is 29.4 Å². The van der Waals surface area contributed by atoms with Crippen molar-refractivity contribution in [1.82, 2.24) is 0 Å². The third kappa shape index (κ3) is 5.73. The smallest absolute Gasteiger partial charge is 0.383 e. The number of morpholine rings is 1. The molecule has 1 amide bonds. The summed E-state index contributed by atoms with van der Waals surface area (Å²) >= 11 is 0. The first kappa shape index (κ1) is 21.6. The molecule has 3 rings (SSSR count). The van der Waals surface area contributed by atoms with E-state index in [1.54, 1.807) is 0 Å². The normalized spacial score (nSPS) is 15.8. The van der Waals surface area contributed by atoms with Crippen LogP contribution in [-0.4, -0.2) is 44.5 Å². The van der Waals surface area contributed by atoms with Gasteiger partial charge in [-0.3, -0.25) is 4.79 Å². The highest BCUT2D eigenvalue weighted by Crippen LogP contribution is 2.34. The molecule has 0 bridgehead atoms. The Hall–Kier alpha value is -3.07. The number of benzene rings is 2. The monoisotopic (exact) mass is 421 g/mol. The van der Waals surface area contributed by atoms with Crippen LogP contribution >= 0.6 is 0 Å². The van der Waals surface area contributed by atoms with Gasteiger partial charge in [-0.25, -0.2) is 0 Å². The van der Waals surface area contributed by atoms with Crippen LogP contribution in [0.5, 0.6) is 0 Å². The van der Waals surface area contributed by atoms with Gasteiger partial charge in [0.15, 0.2) is 0 Å². The molecule has 1 unspecified atom stereocenters. The van der Waals surface area contributed by atoms with Crippen LogP contribution in [-0.2, 0) is 20.5 Å². The van der Waals surface area contributed by atoms with Crippen LogP contribution in [0, 0.1) is 0 Å². The summed E-state index contributed by atoms with van der Waals surface area (Å²) in [6.45, 7) is 4.47. The molecule has 0 radical (unpaired) electrons. The van der Waals surface area contributed by atoms with Crippen LogP contribution in [0.1, 0.15) is 18.1 Å². The minimum Gasteiger partial charge on any atom is -0.383 e. The molecule has 160 valence electrons. The Morgan fingerprint density at radius 2 is 1.83 bits per heavy atom. The van der Waals surface area contributed by atoms with Gasteiger partial charge in [0.25, 0.3) is 5.91 Å². The molecule has 0 aromatic heterocycles. The van der Waals surface area contributed by atoms with Gasteiger partial charge in [0, 0.05) is 18.8 Å². The topological polar surface area (TPSA) is 63.2 Å². The predicted molar refractivity (Wildman–Crippen MR) is 108 cm³/mol. The van der Waals surface area contributed by atoms with E-state index in [-0.39, 0.29) is 5.69 Å².